The number of carbonyl (C=O) groups excluding carboxylic acids is 1. The van der Waals surface area contributed by atoms with Gasteiger partial charge in [-0.3, -0.25) is 10.2 Å². The molecule has 0 bridgehead atoms. The van der Waals surface area contributed by atoms with E-state index in [1.165, 1.54) is 0 Å². The van der Waals surface area contributed by atoms with Crippen molar-refractivity contribution in [2.24, 2.45) is 0 Å². The van der Waals surface area contributed by atoms with Gasteiger partial charge in [0.05, 0.1) is 5.71 Å². The van der Waals surface area contributed by atoms with E-state index in [-0.39, 0.29) is 17.4 Å². The van der Waals surface area contributed by atoms with E-state index in [1.54, 1.807) is 37.4 Å². The zero-order valence-corrected chi connectivity index (χ0v) is 20.5. The van der Waals surface area contributed by atoms with Crippen LogP contribution in [-0.4, -0.2) is 23.8 Å². The van der Waals surface area contributed by atoms with E-state index in [4.69, 9.17) is 5.41 Å². The SMILES string of the molecule is CNN/C(=C\C(=N)c1ccccc1O)NCc1cccc(NC(=O)c2ccccc2-c2ccccc2)c1. The average Bonchev–Trinajstić information content (AvgIpc) is 2.93. The summed E-state index contributed by atoms with van der Waals surface area (Å²) in [5.74, 6) is 0.421. The molecule has 0 aliphatic rings. The highest BCUT2D eigenvalue weighted by molar-refractivity contribution is 6.09. The maximum Gasteiger partial charge on any atom is 0.256 e. The molecular weight excluding hydrogens is 462 g/mol. The number of hydrogen-bond donors (Lipinski definition) is 6. The quantitative estimate of drug-likeness (QED) is 0.138. The maximum atomic E-state index is 13.2. The van der Waals surface area contributed by atoms with Crippen molar-refractivity contribution in [3.63, 3.8) is 0 Å². The van der Waals surface area contributed by atoms with Crippen LogP contribution in [0.15, 0.2) is 115 Å². The molecule has 4 aromatic rings. The molecular formula is C30H29N5O2. The summed E-state index contributed by atoms with van der Waals surface area (Å²) >= 11 is 0. The van der Waals surface area contributed by atoms with Crippen LogP contribution in [0.2, 0.25) is 0 Å². The summed E-state index contributed by atoms with van der Waals surface area (Å²) in [5.41, 5.74) is 10.5. The Morgan fingerprint density at radius 2 is 1.57 bits per heavy atom. The monoisotopic (exact) mass is 491 g/mol. The van der Waals surface area contributed by atoms with E-state index in [1.807, 2.05) is 78.9 Å². The largest absolute Gasteiger partial charge is 0.507 e. The Labute approximate surface area is 216 Å². The molecule has 186 valence electrons. The summed E-state index contributed by atoms with van der Waals surface area (Å²) in [6, 6.07) is 31.7. The Bertz CT molecular complexity index is 1420. The summed E-state index contributed by atoms with van der Waals surface area (Å²) in [5, 5.41) is 24.6. The van der Waals surface area contributed by atoms with E-state index in [0.717, 1.165) is 16.7 Å². The number of anilines is 1. The molecule has 7 heteroatoms. The standard InChI is InChI=1S/C30H29N5O2/c1-32-35-29(19-27(31)26-16-7-8-17-28(26)36)33-20-21-10-9-13-23(18-21)34-30(37)25-15-6-5-14-24(25)22-11-3-2-4-12-22/h2-19,31-33,35-36H,20H2,1H3,(H,34,37)/b29-19-,31-27?. The number of allylic oxidation sites excluding steroid dienone is 1. The van der Waals surface area contributed by atoms with Crippen LogP contribution < -0.4 is 21.5 Å². The second kappa shape index (κ2) is 12.2. The lowest BCUT2D eigenvalue weighted by Gasteiger charge is -2.15. The number of rotatable bonds is 10. The molecule has 0 aliphatic carbocycles. The summed E-state index contributed by atoms with van der Waals surface area (Å²) in [6.07, 6.45) is 1.59. The van der Waals surface area contributed by atoms with Gasteiger partial charge < -0.3 is 21.2 Å². The van der Waals surface area contributed by atoms with Crippen LogP contribution in [-0.2, 0) is 6.54 Å². The molecule has 0 radical (unpaired) electrons. The van der Waals surface area contributed by atoms with Crippen molar-refractivity contribution in [2.45, 2.75) is 6.54 Å². The van der Waals surface area contributed by atoms with Gasteiger partial charge in [0.1, 0.15) is 11.6 Å². The van der Waals surface area contributed by atoms with Gasteiger partial charge in [-0.05, 0) is 47.0 Å². The first-order valence-corrected chi connectivity index (χ1v) is 11.8. The van der Waals surface area contributed by atoms with Gasteiger partial charge in [-0.25, -0.2) is 5.43 Å². The normalized spacial score (nSPS) is 11.0. The van der Waals surface area contributed by atoms with E-state index in [9.17, 15) is 9.90 Å². The molecule has 0 aliphatic heterocycles. The highest BCUT2D eigenvalue weighted by Crippen LogP contribution is 2.24. The minimum Gasteiger partial charge on any atom is -0.507 e. The van der Waals surface area contributed by atoms with Crippen molar-refractivity contribution in [3.05, 3.63) is 132 Å². The molecule has 0 aromatic heterocycles. The van der Waals surface area contributed by atoms with Crippen molar-refractivity contribution in [1.29, 1.82) is 5.41 Å². The highest BCUT2D eigenvalue weighted by Gasteiger charge is 2.13. The molecule has 7 nitrogen and oxygen atoms in total. The zero-order chi connectivity index (χ0) is 26.0. The second-order valence-corrected chi connectivity index (χ2v) is 8.28. The Morgan fingerprint density at radius 1 is 0.865 bits per heavy atom. The van der Waals surface area contributed by atoms with Crippen molar-refractivity contribution in [2.75, 3.05) is 12.4 Å². The molecule has 0 saturated heterocycles. The van der Waals surface area contributed by atoms with Gasteiger partial charge in [-0.1, -0.05) is 72.8 Å². The molecule has 0 atom stereocenters. The van der Waals surface area contributed by atoms with Crippen LogP contribution in [0.25, 0.3) is 11.1 Å². The van der Waals surface area contributed by atoms with Crippen molar-refractivity contribution >= 4 is 17.3 Å². The van der Waals surface area contributed by atoms with E-state index >= 15 is 0 Å². The third-order valence-corrected chi connectivity index (χ3v) is 5.67. The number of carbonyl (C=O) groups is 1. The van der Waals surface area contributed by atoms with Crippen LogP contribution in [0.3, 0.4) is 0 Å². The summed E-state index contributed by atoms with van der Waals surface area (Å²) in [4.78, 5) is 13.2. The fourth-order valence-electron chi connectivity index (χ4n) is 3.89. The summed E-state index contributed by atoms with van der Waals surface area (Å²) < 4.78 is 0. The van der Waals surface area contributed by atoms with Crippen molar-refractivity contribution < 1.29 is 9.90 Å². The Hall–Kier alpha value is -4.88. The molecule has 4 aromatic carbocycles. The molecule has 0 fully saturated rings. The van der Waals surface area contributed by atoms with E-state index < -0.39 is 0 Å². The van der Waals surface area contributed by atoms with Gasteiger partial charge in [0.2, 0.25) is 0 Å². The molecule has 1 amide bonds. The van der Waals surface area contributed by atoms with Crippen molar-refractivity contribution in [3.8, 4) is 16.9 Å². The first kappa shape index (κ1) is 25.2. The molecule has 4 rings (SSSR count). The first-order chi connectivity index (χ1) is 18.0. The van der Waals surface area contributed by atoms with Crippen LogP contribution in [0.1, 0.15) is 21.5 Å². The number of benzene rings is 4. The lowest BCUT2D eigenvalue weighted by atomic mass is 9.99. The molecule has 0 unspecified atom stereocenters. The molecule has 37 heavy (non-hydrogen) atoms. The number of para-hydroxylation sites is 1. The smallest absolute Gasteiger partial charge is 0.256 e. The van der Waals surface area contributed by atoms with Gasteiger partial charge >= 0.3 is 0 Å². The predicted octanol–water partition coefficient (Wildman–Crippen LogP) is 5.03. The first-order valence-electron chi connectivity index (χ1n) is 11.8. The maximum absolute atomic E-state index is 13.2. The number of amides is 1. The minimum atomic E-state index is -0.182. The number of phenols is 1. The van der Waals surface area contributed by atoms with Crippen molar-refractivity contribution in [1.82, 2.24) is 16.2 Å². The highest BCUT2D eigenvalue weighted by atomic mass is 16.3. The predicted molar refractivity (Wildman–Crippen MR) is 148 cm³/mol. The fourth-order valence-corrected chi connectivity index (χ4v) is 3.89. The van der Waals surface area contributed by atoms with E-state index in [0.29, 0.717) is 29.2 Å². The number of nitrogens with one attached hydrogen (secondary N) is 5. The van der Waals surface area contributed by atoms with Crippen LogP contribution in [0, 0.1) is 5.41 Å². The molecule has 6 N–H and O–H groups in total. The minimum absolute atomic E-state index is 0.0461. The van der Waals surface area contributed by atoms with Gasteiger partial charge in [0.25, 0.3) is 5.91 Å². The molecule has 0 heterocycles. The van der Waals surface area contributed by atoms with Gasteiger partial charge in [-0.15, -0.1) is 0 Å². The summed E-state index contributed by atoms with van der Waals surface area (Å²) in [6.45, 7) is 0.443. The zero-order valence-electron chi connectivity index (χ0n) is 20.5. The average molecular weight is 492 g/mol. The molecule has 0 spiro atoms. The van der Waals surface area contributed by atoms with E-state index in [2.05, 4.69) is 21.5 Å². The summed E-state index contributed by atoms with van der Waals surface area (Å²) in [7, 11) is 1.72. The van der Waals surface area contributed by atoms with Crippen LogP contribution in [0.4, 0.5) is 5.69 Å². The van der Waals surface area contributed by atoms with Gasteiger partial charge in [0, 0.05) is 36.5 Å². The lowest BCUT2D eigenvalue weighted by Crippen LogP contribution is -2.35. The topological polar surface area (TPSA) is 109 Å². The van der Waals surface area contributed by atoms with Gasteiger partial charge in [0.15, 0.2) is 0 Å². The fraction of sp³-hybridized carbons (Fsp3) is 0.0667. The van der Waals surface area contributed by atoms with Crippen LogP contribution >= 0.6 is 0 Å². The molecule has 0 saturated carbocycles. The Balaban J connectivity index is 1.46. The lowest BCUT2D eigenvalue weighted by molar-refractivity contribution is 0.102. The third kappa shape index (κ3) is 6.62. The second-order valence-electron chi connectivity index (χ2n) is 8.28. The van der Waals surface area contributed by atoms with Crippen LogP contribution in [0.5, 0.6) is 5.75 Å². The third-order valence-electron chi connectivity index (χ3n) is 5.67. The Morgan fingerprint density at radius 3 is 2.32 bits per heavy atom. The number of aromatic hydroxyl groups is 1. The number of hydrogen-bond acceptors (Lipinski definition) is 6. The number of hydrazine groups is 1. The number of phenolic OH excluding ortho intramolecular Hbond substituents is 1. The van der Waals surface area contributed by atoms with Gasteiger partial charge in [-0.2, -0.15) is 0 Å². The Kier molecular flexibility index (Phi) is 8.31.